The lowest BCUT2D eigenvalue weighted by atomic mass is 9.89. The first-order valence-electron chi connectivity index (χ1n) is 43.3. The lowest BCUT2D eigenvalue weighted by molar-refractivity contribution is -0.120. The first-order chi connectivity index (χ1) is 50.4. The number of aryl methyl sites for hydroxylation is 10. The highest BCUT2D eigenvalue weighted by atomic mass is 32.2. The monoisotopic (exact) mass is 1550 g/mol. The number of rotatable bonds is 37. The van der Waals surface area contributed by atoms with Crippen LogP contribution in [0.5, 0.6) is 0 Å². The fourth-order valence-electron chi connectivity index (χ4n) is 10.6. The summed E-state index contributed by atoms with van der Waals surface area (Å²) in [7, 11) is -3.12. The molecule has 0 aliphatic rings. The van der Waals surface area contributed by atoms with Gasteiger partial charge in [-0.15, -0.1) is 25.5 Å². The standard InChI is InChI=1S/C14H27N3.C13H25N3.C12H23N3.2C11H21N3.C11H24.C9H19NO3S.C8H18/c1-5-13-12-17(16-15-13)11-9-7-6-8-10-14(2,3)4;1-5-12-11-16(15-14-12)10-8-6-7-9-13(2,3)4;1-5-11-10-15(14-13-11)9-7-6-8-12(2,3)4;2*1-5-10-9-14(13-12-10)8-6-7-11(2,3)4;1-5-6-7-8-9-10-11(2,3)4;1-5-8(11)10-6-7-14(12,13)9(2,3)4;1-5-6-7-8(2,3)4/h12H,5-11H2,1-4H3;11H,5-10H2,1-4H3;10H,5-9H2,1-4H3;2*9H,5-8H2,1-4H3;5-10H2,1-4H3;5-7H2,1-4H3,(H,10,11);5-7H2,1-4H3. The summed E-state index contributed by atoms with van der Waals surface area (Å²) in [5, 5.41) is 43.4. The van der Waals surface area contributed by atoms with Gasteiger partial charge in [-0.2, -0.15) is 0 Å². The van der Waals surface area contributed by atoms with Gasteiger partial charge in [-0.05, 0) is 168 Å². The molecule has 0 aromatic carbocycles. The summed E-state index contributed by atoms with van der Waals surface area (Å²) in [6.45, 7) is 75.1. The number of amides is 1. The maximum absolute atomic E-state index is 11.6. The predicted octanol–water partition coefficient (Wildman–Crippen LogP) is 24.0. The van der Waals surface area contributed by atoms with E-state index in [0.29, 0.717) is 44.3 Å². The topological polar surface area (TPSA) is 217 Å². The van der Waals surface area contributed by atoms with Crippen LogP contribution in [0.25, 0.3) is 0 Å². The van der Waals surface area contributed by atoms with E-state index in [2.05, 4.69) is 269 Å². The van der Waals surface area contributed by atoms with Gasteiger partial charge in [-0.3, -0.25) is 28.2 Å². The maximum Gasteiger partial charge on any atom is 0.219 e. The van der Waals surface area contributed by atoms with Gasteiger partial charge in [0.05, 0.1) is 39.0 Å². The second kappa shape index (κ2) is 58.0. The SMILES string of the molecule is CCC(=O)NCCS(=O)(=O)C(C)(C)C.CCCCC(C)(C)C.CCCCCCCC(C)(C)C.CCc1cn(CCCC(C)(C)C)nn1.CCc1cn(CCCC(C)(C)C)nn1.CCc1cn(CCCCC(C)(C)C)nn1.CCc1cn(CCCCCC(C)(C)C)nn1.CCc1cn(CCCCCCC(C)(C)C)nn1. The van der Waals surface area contributed by atoms with Gasteiger partial charge in [0, 0.05) is 76.7 Å². The lowest BCUT2D eigenvalue weighted by Crippen LogP contribution is -2.36. The van der Waals surface area contributed by atoms with E-state index in [9.17, 15) is 13.2 Å². The fraction of sp³-hybridized carbons (Fsp3) is 0.876. The van der Waals surface area contributed by atoms with Gasteiger partial charge >= 0.3 is 0 Å². The Hall–Kier alpha value is -4.88. The second-order valence-electron chi connectivity index (χ2n) is 39.6. The van der Waals surface area contributed by atoms with Crippen molar-refractivity contribution >= 4 is 15.7 Å². The van der Waals surface area contributed by atoms with E-state index in [1.54, 1.807) is 27.7 Å². The van der Waals surface area contributed by atoms with Crippen LogP contribution in [-0.2, 0) is 79.5 Å². The Kier molecular flexibility index (Phi) is 57.7. The molecule has 0 atom stereocenters. The second-order valence-corrected chi connectivity index (χ2v) is 42.5. The van der Waals surface area contributed by atoms with Crippen molar-refractivity contribution in [3.05, 3.63) is 59.5 Å². The van der Waals surface area contributed by atoms with E-state index < -0.39 is 14.6 Å². The van der Waals surface area contributed by atoms with Crippen molar-refractivity contribution in [3.8, 4) is 0 Å². The highest BCUT2D eigenvalue weighted by Crippen LogP contribution is 2.27. The summed E-state index contributed by atoms with van der Waals surface area (Å²) in [5.41, 5.74) is 8.81. The molecule has 109 heavy (non-hydrogen) atoms. The number of sulfone groups is 1. The number of nitrogens with zero attached hydrogens (tertiary/aromatic N) is 15. The Labute approximate surface area is 673 Å². The van der Waals surface area contributed by atoms with Crippen LogP contribution in [0.2, 0.25) is 0 Å². The minimum Gasteiger partial charge on any atom is -0.355 e. The van der Waals surface area contributed by atoms with E-state index in [0.717, 1.165) is 93.3 Å². The smallest absolute Gasteiger partial charge is 0.219 e. The van der Waals surface area contributed by atoms with Gasteiger partial charge in [0.2, 0.25) is 5.91 Å². The molecule has 20 heteroatoms. The average Bonchev–Trinajstić information content (AvgIpc) is 1.82. The first-order valence-corrected chi connectivity index (χ1v) is 45.0. The molecule has 0 radical (unpaired) electrons. The molecule has 19 nitrogen and oxygen atoms in total. The minimum absolute atomic E-state index is 0.00222. The Morgan fingerprint density at radius 3 is 0.734 bits per heavy atom. The summed E-state index contributed by atoms with van der Waals surface area (Å²) in [4.78, 5) is 10.8. The van der Waals surface area contributed by atoms with E-state index in [1.807, 2.05) is 35.8 Å². The van der Waals surface area contributed by atoms with Gasteiger partial charge in [-0.1, -0.05) is 310 Å². The molecule has 5 aromatic heterocycles. The molecule has 5 rings (SSSR count). The maximum atomic E-state index is 11.6. The zero-order valence-electron chi connectivity index (χ0n) is 77.6. The van der Waals surface area contributed by atoms with Crippen LogP contribution >= 0.6 is 0 Å². The normalized spacial score (nSPS) is 12.1. The molecule has 0 unspecified atom stereocenters. The van der Waals surface area contributed by atoms with Crippen molar-refractivity contribution in [2.75, 3.05) is 12.3 Å². The lowest BCUT2D eigenvalue weighted by Gasteiger charge is -2.18. The van der Waals surface area contributed by atoms with E-state index in [4.69, 9.17) is 0 Å². The summed E-state index contributed by atoms with van der Waals surface area (Å²) in [5.74, 6) is -0.114. The van der Waals surface area contributed by atoms with Crippen molar-refractivity contribution in [3.63, 3.8) is 0 Å². The number of hydrogen-bond acceptors (Lipinski definition) is 13. The molecule has 0 saturated heterocycles. The molecule has 0 spiro atoms. The fourth-order valence-corrected chi connectivity index (χ4v) is 11.6. The Balaban J connectivity index is -0.00000119. The predicted molar refractivity (Wildman–Crippen MR) is 467 cm³/mol. The molecule has 0 aliphatic carbocycles. The molecule has 0 saturated carbocycles. The van der Waals surface area contributed by atoms with E-state index in [-0.39, 0.29) is 18.2 Å². The third-order valence-electron chi connectivity index (χ3n) is 18.1. The molecule has 0 aliphatic heterocycles. The van der Waals surface area contributed by atoms with Gasteiger partial charge < -0.3 is 5.32 Å². The van der Waals surface area contributed by atoms with Crippen LogP contribution in [0.3, 0.4) is 0 Å². The number of nitrogens with one attached hydrogen (secondary N) is 1. The Bertz CT molecular complexity index is 2980. The van der Waals surface area contributed by atoms with E-state index >= 15 is 0 Å². The zero-order chi connectivity index (χ0) is 84.0. The first kappa shape index (κ1) is 108. The van der Waals surface area contributed by atoms with Gasteiger partial charge in [0.15, 0.2) is 9.84 Å². The van der Waals surface area contributed by atoms with Crippen molar-refractivity contribution < 1.29 is 13.2 Å². The third kappa shape index (κ3) is 70.7. The number of aromatic nitrogens is 15. The van der Waals surface area contributed by atoms with E-state index in [1.165, 1.54) is 161 Å². The third-order valence-corrected chi connectivity index (χ3v) is 20.7. The molecule has 0 bridgehead atoms. The van der Waals surface area contributed by atoms with Crippen LogP contribution in [0.1, 0.15) is 417 Å². The molecule has 5 aromatic rings. The minimum atomic E-state index is -3.12. The quantitative estimate of drug-likeness (QED) is 0.0367. The molecule has 638 valence electrons. The highest BCUT2D eigenvalue weighted by molar-refractivity contribution is 7.92. The summed E-state index contributed by atoms with van der Waals surface area (Å²) >= 11 is 0. The van der Waals surface area contributed by atoms with Crippen molar-refractivity contribution in [1.82, 2.24) is 80.3 Å². The summed E-state index contributed by atoms with van der Waals surface area (Å²) < 4.78 is 32.2. The Morgan fingerprint density at radius 2 is 0.514 bits per heavy atom. The number of carbonyl (C=O) groups is 1. The van der Waals surface area contributed by atoms with Crippen molar-refractivity contribution in [2.45, 2.75) is 458 Å². The van der Waals surface area contributed by atoms with Crippen LogP contribution < -0.4 is 5.32 Å². The van der Waals surface area contributed by atoms with Crippen LogP contribution in [0, 0.1) is 37.9 Å². The average molecular weight is 1550 g/mol. The number of unbranched alkanes of at least 4 members (excludes halogenated alkanes) is 11. The summed E-state index contributed by atoms with van der Waals surface area (Å²) in [6, 6.07) is 0. The van der Waals surface area contributed by atoms with Gasteiger partial charge in [0.25, 0.3) is 0 Å². The molecular weight excluding hydrogens is 1370 g/mol. The van der Waals surface area contributed by atoms with Crippen LogP contribution in [0.4, 0.5) is 0 Å². The molecule has 1 N–H and O–H groups in total. The molecule has 1 amide bonds. The van der Waals surface area contributed by atoms with Crippen molar-refractivity contribution in [1.29, 1.82) is 0 Å². The zero-order valence-corrected chi connectivity index (χ0v) is 78.4. The summed E-state index contributed by atoms with van der Waals surface area (Å²) in [6.07, 6.45) is 48.3. The van der Waals surface area contributed by atoms with Crippen molar-refractivity contribution in [2.24, 2.45) is 37.9 Å². The molecule has 5 heterocycles. The molecule has 0 fully saturated rings. The Morgan fingerprint density at radius 1 is 0.303 bits per heavy atom. The largest absolute Gasteiger partial charge is 0.355 e. The number of carbonyl (C=O) groups excluding carboxylic acids is 1. The number of hydrogen-bond donors (Lipinski definition) is 1. The van der Waals surface area contributed by atoms with Gasteiger partial charge in [-0.25, -0.2) is 8.42 Å². The van der Waals surface area contributed by atoms with Gasteiger partial charge in [0.1, 0.15) is 0 Å². The highest BCUT2D eigenvalue weighted by Gasteiger charge is 2.28. The van der Waals surface area contributed by atoms with Crippen LogP contribution in [-0.4, -0.2) is 106 Å². The van der Waals surface area contributed by atoms with Crippen LogP contribution in [0.15, 0.2) is 31.0 Å². The molecular formula is C89H178N16O3S.